The van der Waals surface area contributed by atoms with Crippen molar-refractivity contribution in [1.82, 2.24) is 15.5 Å². The quantitative estimate of drug-likeness (QED) is 0.551. The molecule has 0 bridgehead atoms. The van der Waals surface area contributed by atoms with E-state index >= 15 is 0 Å². The number of thiocarbonyl (C=S) groups is 1. The first-order valence-corrected chi connectivity index (χ1v) is 12.3. The third-order valence-corrected chi connectivity index (χ3v) is 6.73. The molecule has 0 aliphatic heterocycles. The maximum absolute atomic E-state index is 13.9. The van der Waals surface area contributed by atoms with Crippen LogP contribution in [0.25, 0.3) is 0 Å². The van der Waals surface area contributed by atoms with Crippen molar-refractivity contribution in [3.8, 4) is 0 Å². The Balaban J connectivity index is 1.83. The standard InChI is InChI=1S/C27H38N4OS/c1-27(2,3)24(30-26(33)29-22-18-12-11-17-21(22)28)25(32)31(4)23(19-13-7-5-8-14-19)20-15-9-6-10-16-20/h5-10,13-16,21-24H,11-12,17-18,28H2,1-4H3,(H2,29,30,33)/t21-,22-,24+/m0/s1. The van der Waals surface area contributed by atoms with Gasteiger partial charge in [0.15, 0.2) is 5.11 Å². The molecule has 0 unspecified atom stereocenters. The highest BCUT2D eigenvalue weighted by molar-refractivity contribution is 7.80. The summed E-state index contributed by atoms with van der Waals surface area (Å²) in [6.45, 7) is 6.18. The van der Waals surface area contributed by atoms with E-state index in [-0.39, 0.29) is 29.4 Å². The van der Waals surface area contributed by atoms with Crippen LogP contribution in [0.1, 0.15) is 63.6 Å². The minimum Gasteiger partial charge on any atom is -0.358 e. The smallest absolute Gasteiger partial charge is 0.246 e. The summed E-state index contributed by atoms with van der Waals surface area (Å²) in [6.07, 6.45) is 4.31. The SMILES string of the molecule is CN(C(=O)[C@@H](NC(=S)N[C@H]1CCCC[C@@H]1N)C(C)(C)C)C(c1ccccc1)c1ccccc1. The van der Waals surface area contributed by atoms with Crippen LogP contribution in [-0.2, 0) is 4.79 Å². The van der Waals surface area contributed by atoms with Crippen LogP contribution in [0.15, 0.2) is 60.7 Å². The van der Waals surface area contributed by atoms with Gasteiger partial charge in [-0.15, -0.1) is 0 Å². The molecule has 0 heterocycles. The largest absolute Gasteiger partial charge is 0.358 e. The molecule has 1 saturated carbocycles. The number of hydrogen-bond acceptors (Lipinski definition) is 3. The predicted octanol–water partition coefficient (Wildman–Crippen LogP) is 4.38. The molecular formula is C27H38N4OS. The fraction of sp³-hybridized carbons (Fsp3) is 0.481. The zero-order valence-corrected chi connectivity index (χ0v) is 21.1. The number of nitrogens with one attached hydrogen (secondary N) is 2. The second-order valence-electron chi connectivity index (χ2n) is 10.1. The topological polar surface area (TPSA) is 70.4 Å². The van der Waals surface area contributed by atoms with Crippen molar-refractivity contribution in [1.29, 1.82) is 0 Å². The summed E-state index contributed by atoms with van der Waals surface area (Å²) in [5.41, 5.74) is 8.09. The van der Waals surface area contributed by atoms with Crippen molar-refractivity contribution in [2.75, 3.05) is 7.05 Å². The molecule has 1 aliphatic rings. The van der Waals surface area contributed by atoms with Crippen molar-refractivity contribution in [2.24, 2.45) is 11.1 Å². The summed E-state index contributed by atoms with van der Waals surface area (Å²) in [6, 6.07) is 19.8. The summed E-state index contributed by atoms with van der Waals surface area (Å²) < 4.78 is 0. The Morgan fingerprint density at radius 3 is 2.00 bits per heavy atom. The summed E-state index contributed by atoms with van der Waals surface area (Å²) in [5, 5.41) is 7.21. The maximum Gasteiger partial charge on any atom is 0.246 e. The second-order valence-corrected chi connectivity index (χ2v) is 10.6. The van der Waals surface area contributed by atoms with Crippen LogP contribution in [0.4, 0.5) is 0 Å². The minimum absolute atomic E-state index is 0.00250. The Morgan fingerprint density at radius 2 is 1.52 bits per heavy atom. The molecular weight excluding hydrogens is 428 g/mol. The van der Waals surface area contributed by atoms with Crippen LogP contribution < -0.4 is 16.4 Å². The lowest BCUT2D eigenvalue weighted by Gasteiger charge is -2.38. The van der Waals surface area contributed by atoms with Crippen LogP contribution in [0.2, 0.25) is 0 Å². The highest BCUT2D eigenvalue weighted by Crippen LogP contribution is 2.30. The molecule has 1 amide bonds. The van der Waals surface area contributed by atoms with Gasteiger partial charge >= 0.3 is 0 Å². The highest BCUT2D eigenvalue weighted by Gasteiger charge is 2.37. The third-order valence-electron chi connectivity index (χ3n) is 6.49. The molecule has 1 aliphatic carbocycles. The van der Waals surface area contributed by atoms with Gasteiger partial charge in [-0.3, -0.25) is 4.79 Å². The van der Waals surface area contributed by atoms with E-state index in [1.165, 1.54) is 0 Å². The third kappa shape index (κ3) is 6.55. The molecule has 0 radical (unpaired) electrons. The minimum atomic E-state index is -0.489. The lowest BCUT2D eigenvalue weighted by atomic mass is 9.85. The van der Waals surface area contributed by atoms with Crippen molar-refractivity contribution < 1.29 is 4.79 Å². The monoisotopic (exact) mass is 466 g/mol. The van der Waals surface area contributed by atoms with Crippen LogP contribution in [0, 0.1) is 5.41 Å². The van der Waals surface area contributed by atoms with Gasteiger partial charge in [0.25, 0.3) is 0 Å². The Kier molecular flexibility index (Phi) is 8.49. The number of likely N-dealkylation sites (N-methyl/N-ethyl adjacent to an activating group) is 1. The molecule has 5 nitrogen and oxygen atoms in total. The number of carbonyl (C=O) groups excluding carboxylic acids is 1. The fourth-order valence-corrected chi connectivity index (χ4v) is 4.84. The van der Waals surface area contributed by atoms with Crippen molar-refractivity contribution in [3.63, 3.8) is 0 Å². The van der Waals surface area contributed by atoms with E-state index in [4.69, 9.17) is 18.0 Å². The average Bonchev–Trinajstić information content (AvgIpc) is 2.79. The van der Waals surface area contributed by atoms with E-state index in [1.54, 1.807) is 0 Å². The zero-order valence-electron chi connectivity index (χ0n) is 20.3. The molecule has 3 rings (SSSR count). The Hall–Kier alpha value is -2.44. The first-order chi connectivity index (χ1) is 15.7. The van der Waals surface area contributed by atoms with E-state index in [0.717, 1.165) is 36.8 Å². The number of hydrogen-bond donors (Lipinski definition) is 3. The van der Waals surface area contributed by atoms with E-state index < -0.39 is 6.04 Å². The van der Waals surface area contributed by atoms with Gasteiger partial charge in [-0.1, -0.05) is 94.3 Å². The molecule has 0 spiro atoms. The Labute approximate surface area is 204 Å². The average molecular weight is 467 g/mol. The van der Waals surface area contributed by atoms with Gasteiger partial charge in [0.05, 0.1) is 6.04 Å². The first kappa shape index (κ1) is 25.2. The van der Waals surface area contributed by atoms with E-state index in [0.29, 0.717) is 5.11 Å². The van der Waals surface area contributed by atoms with Crippen LogP contribution >= 0.6 is 12.2 Å². The molecule has 6 heteroatoms. The number of nitrogens with two attached hydrogens (primary N) is 1. The fourth-order valence-electron chi connectivity index (χ4n) is 4.57. The van der Waals surface area contributed by atoms with Gasteiger partial charge in [0, 0.05) is 19.1 Å². The van der Waals surface area contributed by atoms with Crippen molar-refractivity contribution in [3.05, 3.63) is 71.8 Å². The van der Waals surface area contributed by atoms with Gasteiger partial charge in [-0.25, -0.2) is 0 Å². The normalized spacial score (nSPS) is 19.6. The lowest BCUT2D eigenvalue weighted by Crippen LogP contribution is -2.59. The molecule has 178 valence electrons. The van der Waals surface area contributed by atoms with E-state index in [2.05, 4.69) is 55.7 Å². The van der Waals surface area contributed by atoms with Gasteiger partial charge in [0.2, 0.25) is 5.91 Å². The second kappa shape index (κ2) is 11.1. The van der Waals surface area contributed by atoms with Crippen LogP contribution in [-0.4, -0.2) is 41.1 Å². The Morgan fingerprint density at radius 1 is 1.00 bits per heavy atom. The molecule has 0 saturated heterocycles. The zero-order chi connectivity index (χ0) is 24.0. The van der Waals surface area contributed by atoms with Gasteiger partial charge in [0.1, 0.15) is 6.04 Å². The molecule has 33 heavy (non-hydrogen) atoms. The van der Waals surface area contributed by atoms with Crippen molar-refractivity contribution >= 4 is 23.2 Å². The molecule has 3 atom stereocenters. The van der Waals surface area contributed by atoms with Crippen LogP contribution in [0.5, 0.6) is 0 Å². The van der Waals surface area contributed by atoms with Gasteiger partial charge in [-0.05, 0) is 41.6 Å². The highest BCUT2D eigenvalue weighted by atomic mass is 32.1. The summed E-state index contributed by atoms with van der Waals surface area (Å²) in [7, 11) is 1.88. The molecule has 4 N–H and O–H groups in total. The summed E-state index contributed by atoms with van der Waals surface area (Å²) in [5.74, 6) is -0.00250. The van der Waals surface area contributed by atoms with Crippen LogP contribution in [0.3, 0.4) is 0 Å². The van der Waals surface area contributed by atoms with E-state index in [1.807, 2.05) is 48.3 Å². The summed E-state index contributed by atoms with van der Waals surface area (Å²) >= 11 is 5.64. The summed E-state index contributed by atoms with van der Waals surface area (Å²) in [4.78, 5) is 15.8. The first-order valence-electron chi connectivity index (χ1n) is 11.9. The van der Waals surface area contributed by atoms with Gasteiger partial charge in [-0.2, -0.15) is 0 Å². The van der Waals surface area contributed by atoms with Gasteiger partial charge < -0.3 is 21.3 Å². The van der Waals surface area contributed by atoms with Crippen molar-refractivity contribution in [2.45, 2.75) is 70.6 Å². The lowest BCUT2D eigenvalue weighted by molar-refractivity contribution is -0.135. The predicted molar refractivity (Wildman–Crippen MR) is 140 cm³/mol. The maximum atomic E-state index is 13.9. The molecule has 1 fully saturated rings. The number of rotatable bonds is 6. The molecule has 2 aromatic rings. The number of amides is 1. The number of nitrogens with zero attached hydrogens (tertiary/aromatic N) is 1. The van der Waals surface area contributed by atoms with E-state index in [9.17, 15) is 4.79 Å². The molecule has 2 aromatic carbocycles. The number of benzene rings is 2. The number of carbonyl (C=O) groups is 1. The molecule has 0 aromatic heterocycles. The Bertz CT molecular complexity index is 873.